The third-order valence-corrected chi connectivity index (χ3v) is 1.78. The van der Waals surface area contributed by atoms with E-state index in [-0.39, 0.29) is 23.9 Å². The van der Waals surface area contributed by atoms with E-state index < -0.39 is 5.97 Å². The van der Waals surface area contributed by atoms with Crippen LogP contribution in [0.4, 0.5) is 0 Å². The summed E-state index contributed by atoms with van der Waals surface area (Å²) in [7, 11) is 0. The summed E-state index contributed by atoms with van der Waals surface area (Å²) < 4.78 is 0. The average Bonchev–Trinajstić information content (AvgIpc) is 2.02. The summed E-state index contributed by atoms with van der Waals surface area (Å²) in [5.74, 6) is -1.40. The number of carboxylic acids is 1. The summed E-state index contributed by atoms with van der Waals surface area (Å²) >= 11 is 0. The van der Waals surface area contributed by atoms with Crippen LogP contribution in [0.15, 0.2) is 12.2 Å². The van der Waals surface area contributed by atoms with Crippen molar-refractivity contribution < 1.29 is 14.7 Å². The van der Waals surface area contributed by atoms with Crippen molar-refractivity contribution in [2.45, 2.75) is 39.2 Å². The van der Waals surface area contributed by atoms with Gasteiger partial charge in [0.15, 0.2) is 0 Å². The number of hydrogen-bond acceptors (Lipinski definition) is 2. The van der Waals surface area contributed by atoms with Crippen LogP contribution in [0.3, 0.4) is 0 Å². The van der Waals surface area contributed by atoms with E-state index in [0.29, 0.717) is 0 Å². The van der Waals surface area contributed by atoms with Gasteiger partial charge in [-0.25, -0.2) is 0 Å². The highest BCUT2D eigenvalue weighted by Gasteiger charge is 2.12. The zero-order chi connectivity index (χ0) is 11.1. The predicted molar refractivity (Wildman–Crippen MR) is 53.9 cm³/mol. The molecule has 0 heterocycles. The van der Waals surface area contributed by atoms with Gasteiger partial charge in [0, 0.05) is 11.6 Å². The first kappa shape index (κ1) is 12.7. The van der Waals surface area contributed by atoms with Gasteiger partial charge in [0.1, 0.15) is 0 Å². The quantitative estimate of drug-likeness (QED) is 0.634. The maximum Gasteiger partial charge on any atom is 0.308 e. The van der Waals surface area contributed by atoms with Gasteiger partial charge in [-0.05, 0) is 13.3 Å². The number of carbonyl (C=O) groups excluding carboxylic acids is 1. The normalized spacial score (nSPS) is 11.9. The number of amides is 1. The first-order valence-corrected chi connectivity index (χ1v) is 4.67. The highest BCUT2D eigenvalue weighted by atomic mass is 16.4. The minimum absolute atomic E-state index is 0.0676. The second kappa shape index (κ2) is 6.18. The van der Waals surface area contributed by atoms with Gasteiger partial charge in [0.05, 0.1) is 6.42 Å². The van der Waals surface area contributed by atoms with Crippen molar-refractivity contribution in [2.24, 2.45) is 0 Å². The molecule has 2 N–H and O–H groups in total. The van der Waals surface area contributed by atoms with Gasteiger partial charge in [-0.15, -0.1) is 0 Å². The minimum Gasteiger partial charge on any atom is -0.481 e. The summed E-state index contributed by atoms with van der Waals surface area (Å²) in [5, 5.41) is 11.1. The van der Waals surface area contributed by atoms with Gasteiger partial charge in [0.2, 0.25) is 5.91 Å². The van der Waals surface area contributed by atoms with E-state index in [1.54, 1.807) is 0 Å². The minimum atomic E-state index is -1.03. The van der Waals surface area contributed by atoms with Crippen molar-refractivity contribution in [2.75, 3.05) is 0 Å². The molecule has 0 aliphatic rings. The Morgan fingerprint density at radius 2 is 2.07 bits per heavy atom. The van der Waals surface area contributed by atoms with Crippen LogP contribution in [0.5, 0.6) is 0 Å². The van der Waals surface area contributed by atoms with E-state index in [4.69, 9.17) is 5.11 Å². The SMILES string of the molecule is C=C(CC(=O)O)C(=O)NC(C)CCC. The lowest BCUT2D eigenvalue weighted by Crippen LogP contribution is -2.33. The van der Waals surface area contributed by atoms with E-state index in [1.165, 1.54) is 0 Å². The molecule has 4 heteroatoms. The number of carbonyl (C=O) groups is 2. The summed E-state index contributed by atoms with van der Waals surface area (Å²) in [6.45, 7) is 7.32. The third kappa shape index (κ3) is 5.35. The molecule has 0 aliphatic heterocycles. The molecule has 80 valence electrons. The molecule has 0 aliphatic carbocycles. The first-order valence-electron chi connectivity index (χ1n) is 4.67. The summed E-state index contributed by atoms with van der Waals surface area (Å²) in [4.78, 5) is 21.6. The Kier molecular flexibility index (Phi) is 5.60. The Morgan fingerprint density at radius 1 is 1.50 bits per heavy atom. The molecule has 0 fully saturated rings. The smallest absolute Gasteiger partial charge is 0.308 e. The van der Waals surface area contributed by atoms with E-state index in [1.807, 2.05) is 13.8 Å². The highest BCUT2D eigenvalue weighted by Crippen LogP contribution is 2.01. The van der Waals surface area contributed by atoms with Crippen molar-refractivity contribution in [3.05, 3.63) is 12.2 Å². The van der Waals surface area contributed by atoms with Crippen molar-refractivity contribution in [1.82, 2.24) is 5.32 Å². The number of carboxylic acid groups (broad SMARTS) is 1. The first-order chi connectivity index (χ1) is 6.47. The lowest BCUT2D eigenvalue weighted by molar-refractivity contribution is -0.137. The zero-order valence-corrected chi connectivity index (χ0v) is 8.67. The second-order valence-electron chi connectivity index (χ2n) is 3.34. The van der Waals surface area contributed by atoms with Crippen molar-refractivity contribution in [1.29, 1.82) is 0 Å². The number of aliphatic carboxylic acids is 1. The van der Waals surface area contributed by atoms with Crippen LogP contribution >= 0.6 is 0 Å². The summed E-state index contributed by atoms with van der Waals surface area (Å²) in [6.07, 6.45) is 1.56. The van der Waals surface area contributed by atoms with Gasteiger partial charge in [0.25, 0.3) is 0 Å². The Bertz CT molecular complexity index is 236. The van der Waals surface area contributed by atoms with Crippen LogP contribution in [-0.2, 0) is 9.59 Å². The van der Waals surface area contributed by atoms with Gasteiger partial charge in [-0.2, -0.15) is 0 Å². The Morgan fingerprint density at radius 3 is 2.50 bits per heavy atom. The van der Waals surface area contributed by atoms with Crippen molar-refractivity contribution in [3.8, 4) is 0 Å². The molecule has 0 aromatic carbocycles. The summed E-state index contributed by atoms with van der Waals surface area (Å²) in [5.41, 5.74) is 0.0976. The molecule has 0 saturated carbocycles. The summed E-state index contributed by atoms with van der Waals surface area (Å²) in [6, 6.07) is 0.0676. The van der Waals surface area contributed by atoms with Crippen LogP contribution in [0.1, 0.15) is 33.1 Å². The lowest BCUT2D eigenvalue weighted by atomic mass is 10.1. The van der Waals surface area contributed by atoms with Gasteiger partial charge in [-0.1, -0.05) is 19.9 Å². The van der Waals surface area contributed by atoms with Crippen molar-refractivity contribution in [3.63, 3.8) is 0 Å². The third-order valence-electron chi connectivity index (χ3n) is 1.78. The highest BCUT2D eigenvalue weighted by molar-refractivity contribution is 5.96. The molecule has 1 atom stereocenters. The molecular weight excluding hydrogens is 182 g/mol. The number of nitrogens with one attached hydrogen (secondary N) is 1. The molecule has 0 saturated heterocycles. The predicted octanol–water partition coefficient (Wildman–Crippen LogP) is 1.32. The zero-order valence-electron chi connectivity index (χ0n) is 8.67. The van der Waals surface area contributed by atoms with Gasteiger partial charge < -0.3 is 10.4 Å². The maximum absolute atomic E-state index is 11.3. The monoisotopic (exact) mass is 199 g/mol. The molecule has 1 unspecified atom stereocenters. The van der Waals surface area contributed by atoms with Crippen LogP contribution < -0.4 is 5.32 Å². The van der Waals surface area contributed by atoms with Crippen LogP contribution in [0.25, 0.3) is 0 Å². The van der Waals surface area contributed by atoms with Gasteiger partial charge in [-0.3, -0.25) is 9.59 Å². The number of hydrogen-bond donors (Lipinski definition) is 2. The molecule has 0 rings (SSSR count). The van der Waals surface area contributed by atoms with E-state index >= 15 is 0 Å². The topological polar surface area (TPSA) is 66.4 Å². The lowest BCUT2D eigenvalue weighted by Gasteiger charge is -2.12. The van der Waals surface area contributed by atoms with E-state index in [2.05, 4.69) is 11.9 Å². The fourth-order valence-electron chi connectivity index (χ4n) is 1.09. The molecule has 0 radical (unpaired) electrons. The average molecular weight is 199 g/mol. The fourth-order valence-corrected chi connectivity index (χ4v) is 1.09. The molecular formula is C10H17NO3. The van der Waals surface area contributed by atoms with Crippen LogP contribution in [0, 0.1) is 0 Å². The largest absolute Gasteiger partial charge is 0.481 e. The fraction of sp³-hybridized carbons (Fsp3) is 0.600. The van der Waals surface area contributed by atoms with Crippen molar-refractivity contribution >= 4 is 11.9 Å². The maximum atomic E-state index is 11.3. The Balaban J connectivity index is 3.95. The molecule has 0 bridgehead atoms. The number of rotatable bonds is 6. The second-order valence-corrected chi connectivity index (χ2v) is 3.34. The molecule has 0 aromatic rings. The molecule has 1 amide bonds. The van der Waals surface area contributed by atoms with Crippen LogP contribution in [0.2, 0.25) is 0 Å². The standard InChI is InChI=1S/C10H17NO3/c1-4-5-8(3)11-10(14)7(2)6-9(12)13/h8H,2,4-6H2,1,3H3,(H,11,14)(H,12,13). The molecule has 4 nitrogen and oxygen atoms in total. The Labute approximate surface area is 84.0 Å². The Hall–Kier alpha value is -1.32. The van der Waals surface area contributed by atoms with Gasteiger partial charge >= 0.3 is 5.97 Å². The van der Waals surface area contributed by atoms with E-state index in [0.717, 1.165) is 12.8 Å². The molecule has 0 spiro atoms. The molecule has 14 heavy (non-hydrogen) atoms. The van der Waals surface area contributed by atoms with Crippen LogP contribution in [-0.4, -0.2) is 23.0 Å². The van der Waals surface area contributed by atoms with E-state index in [9.17, 15) is 9.59 Å². The molecule has 0 aromatic heterocycles.